The van der Waals surface area contributed by atoms with Crippen LogP contribution in [0.4, 0.5) is 36.7 Å². The molecule has 8 nitrogen and oxygen atoms in total. The van der Waals surface area contributed by atoms with Gasteiger partial charge in [-0.3, -0.25) is 0 Å². The van der Waals surface area contributed by atoms with Gasteiger partial charge in [0.25, 0.3) is 0 Å². The number of rotatable bonds is 7. The number of amides is 2. The van der Waals surface area contributed by atoms with Crippen LogP contribution in [0, 0.1) is 11.6 Å². The second-order valence-electron chi connectivity index (χ2n) is 7.85. The van der Waals surface area contributed by atoms with E-state index < -0.39 is 29.3 Å². The van der Waals surface area contributed by atoms with E-state index >= 15 is 0 Å². The van der Waals surface area contributed by atoms with Gasteiger partial charge in [-0.15, -0.1) is 0 Å². The molecule has 0 radical (unpaired) electrons. The number of nitrogens with zero attached hydrogens (tertiary/aromatic N) is 3. The number of carbonyl (C=O) groups is 1. The van der Waals surface area contributed by atoms with Gasteiger partial charge in [0.2, 0.25) is 5.95 Å². The highest BCUT2D eigenvalue weighted by molar-refractivity contribution is 6.06. The third-order valence-corrected chi connectivity index (χ3v) is 4.98. The predicted molar refractivity (Wildman–Crippen MR) is 122 cm³/mol. The van der Waals surface area contributed by atoms with Crippen LogP contribution >= 0.6 is 0 Å². The Kier molecular flexibility index (Phi) is 7.07. The highest BCUT2D eigenvalue weighted by Gasteiger charge is 2.25. The molecule has 0 spiro atoms. The molecule has 1 heterocycles. The monoisotopic (exact) mass is 457 g/mol. The van der Waals surface area contributed by atoms with Crippen LogP contribution in [-0.2, 0) is 0 Å². The number of anilines is 4. The summed E-state index contributed by atoms with van der Waals surface area (Å²) >= 11 is 0. The standard InChI is InChI=1S/C23H25F2N5O3/c1-14(23(2,3)32)27-21-26-12-11-20(29-21)30(16-6-8-17(33-4)9-7-16)22(31)28-19-13-15(24)5-10-18(19)25/h5-14,32H,1-4H3,(H,28,31)(H,26,27,29). The summed E-state index contributed by atoms with van der Waals surface area (Å²) in [4.78, 5) is 22.9. The van der Waals surface area contributed by atoms with Crippen LogP contribution in [-0.4, -0.2) is 39.9 Å². The number of halogens is 2. The summed E-state index contributed by atoms with van der Waals surface area (Å²) in [6, 6.07) is 9.62. The Morgan fingerprint density at radius 3 is 2.48 bits per heavy atom. The van der Waals surface area contributed by atoms with Gasteiger partial charge in [0.05, 0.1) is 30.1 Å². The first-order valence-corrected chi connectivity index (χ1v) is 10.1. The number of hydrogen-bond acceptors (Lipinski definition) is 6. The molecule has 1 aromatic heterocycles. The van der Waals surface area contributed by atoms with E-state index in [9.17, 15) is 18.7 Å². The normalized spacial score (nSPS) is 12.1. The molecule has 3 aromatic rings. The molecular weight excluding hydrogens is 432 g/mol. The van der Waals surface area contributed by atoms with Crippen molar-refractivity contribution in [3.63, 3.8) is 0 Å². The molecule has 1 atom stereocenters. The highest BCUT2D eigenvalue weighted by atomic mass is 19.1. The molecule has 0 aliphatic heterocycles. The van der Waals surface area contributed by atoms with Crippen LogP contribution in [0.2, 0.25) is 0 Å². The van der Waals surface area contributed by atoms with Crippen molar-refractivity contribution in [3.05, 3.63) is 66.4 Å². The minimum absolute atomic E-state index is 0.162. The van der Waals surface area contributed by atoms with E-state index in [2.05, 4.69) is 20.6 Å². The smallest absolute Gasteiger partial charge is 0.332 e. The third-order valence-electron chi connectivity index (χ3n) is 4.98. The minimum atomic E-state index is -1.05. The zero-order valence-electron chi connectivity index (χ0n) is 18.6. The first-order chi connectivity index (χ1) is 15.6. The zero-order valence-corrected chi connectivity index (χ0v) is 18.6. The van der Waals surface area contributed by atoms with Gasteiger partial charge in [0, 0.05) is 18.3 Å². The van der Waals surface area contributed by atoms with Gasteiger partial charge in [0.1, 0.15) is 23.2 Å². The van der Waals surface area contributed by atoms with E-state index in [0.717, 1.165) is 18.2 Å². The summed E-state index contributed by atoms with van der Waals surface area (Å²) in [6.07, 6.45) is 1.44. The Morgan fingerprint density at radius 1 is 1.15 bits per heavy atom. The molecule has 0 bridgehead atoms. The van der Waals surface area contributed by atoms with Gasteiger partial charge in [-0.25, -0.2) is 23.5 Å². The fourth-order valence-electron chi connectivity index (χ4n) is 2.76. The number of methoxy groups -OCH3 is 1. The summed E-state index contributed by atoms with van der Waals surface area (Å²) in [7, 11) is 1.51. The molecule has 33 heavy (non-hydrogen) atoms. The molecule has 174 valence electrons. The van der Waals surface area contributed by atoms with Gasteiger partial charge in [-0.1, -0.05) is 0 Å². The second-order valence-corrected chi connectivity index (χ2v) is 7.85. The van der Waals surface area contributed by atoms with Crippen molar-refractivity contribution >= 4 is 29.2 Å². The number of nitrogens with one attached hydrogen (secondary N) is 2. The number of carbonyl (C=O) groups excluding carboxylic acids is 1. The maximum absolute atomic E-state index is 14.1. The lowest BCUT2D eigenvalue weighted by Crippen LogP contribution is -2.40. The van der Waals surface area contributed by atoms with Gasteiger partial charge < -0.3 is 20.5 Å². The summed E-state index contributed by atoms with van der Waals surface area (Å²) in [6.45, 7) is 5.04. The third kappa shape index (κ3) is 5.92. The van der Waals surface area contributed by atoms with Crippen LogP contribution in [0.15, 0.2) is 54.7 Å². The number of ether oxygens (including phenoxy) is 1. The molecule has 0 saturated carbocycles. The number of urea groups is 1. The largest absolute Gasteiger partial charge is 0.497 e. The van der Waals surface area contributed by atoms with Crippen molar-refractivity contribution in [3.8, 4) is 5.75 Å². The summed E-state index contributed by atoms with van der Waals surface area (Å²) < 4.78 is 32.9. The van der Waals surface area contributed by atoms with Crippen molar-refractivity contribution in [1.82, 2.24) is 9.97 Å². The maximum atomic E-state index is 14.1. The van der Waals surface area contributed by atoms with E-state index in [1.54, 1.807) is 45.0 Å². The quantitative estimate of drug-likeness (QED) is 0.475. The molecule has 3 rings (SSSR count). The predicted octanol–water partition coefficient (Wildman–Crippen LogP) is 4.70. The maximum Gasteiger partial charge on any atom is 0.332 e. The van der Waals surface area contributed by atoms with Gasteiger partial charge in [-0.2, -0.15) is 4.98 Å². The summed E-state index contributed by atoms with van der Waals surface area (Å²) in [5.41, 5.74) is -0.978. The van der Waals surface area contributed by atoms with Gasteiger partial charge >= 0.3 is 6.03 Å². The molecule has 3 N–H and O–H groups in total. The molecule has 0 aliphatic rings. The Morgan fingerprint density at radius 2 is 1.85 bits per heavy atom. The molecule has 1 unspecified atom stereocenters. The second kappa shape index (κ2) is 9.78. The lowest BCUT2D eigenvalue weighted by atomic mass is 10.0. The van der Waals surface area contributed by atoms with Crippen molar-refractivity contribution in [2.24, 2.45) is 0 Å². The fraction of sp³-hybridized carbons (Fsp3) is 0.261. The lowest BCUT2D eigenvalue weighted by molar-refractivity contribution is 0.0646. The molecule has 0 saturated heterocycles. The summed E-state index contributed by atoms with van der Waals surface area (Å²) in [5, 5.41) is 15.6. The number of hydrogen-bond donors (Lipinski definition) is 3. The molecule has 0 aliphatic carbocycles. The molecular formula is C23H25F2N5O3. The Labute approximate surface area is 190 Å². The molecule has 0 fully saturated rings. The average Bonchev–Trinajstić information content (AvgIpc) is 2.76. The van der Waals surface area contributed by atoms with Gasteiger partial charge in [0.15, 0.2) is 0 Å². The number of aliphatic hydroxyl groups is 1. The number of aromatic nitrogens is 2. The first-order valence-electron chi connectivity index (χ1n) is 10.1. The lowest BCUT2D eigenvalue weighted by Gasteiger charge is -2.27. The fourth-order valence-corrected chi connectivity index (χ4v) is 2.76. The molecule has 2 aromatic carbocycles. The van der Waals surface area contributed by atoms with E-state index in [1.807, 2.05) is 0 Å². The van der Waals surface area contributed by atoms with Crippen molar-refractivity contribution < 1.29 is 23.4 Å². The number of benzene rings is 2. The topological polar surface area (TPSA) is 99.6 Å². The van der Waals surface area contributed by atoms with Crippen LogP contribution in [0.25, 0.3) is 0 Å². The van der Waals surface area contributed by atoms with E-state index in [0.29, 0.717) is 11.4 Å². The van der Waals surface area contributed by atoms with E-state index in [4.69, 9.17) is 4.74 Å². The Bertz CT molecular complexity index is 1120. The van der Waals surface area contributed by atoms with Crippen molar-refractivity contribution in [1.29, 1.82) is 0 Å². The van der Waals surface area contributed by atoms with Crippen molar-refractivity contribution in [2.75, 3.05) is 22.6 Å². The van der Waals surface area contributed by atoms with Crippen LogP contribution in [0.1, 0.15) is 20.8 Å². The Balaban J connectivity index is 1.99. The molecule has 2 amide bonds. The summed E-state index contributed by atoms with van der Waals surface area (Å²) in [5.74, 6) is -0.583. The minimum Gasteiger partial charge on any atom is -0.497 e. The van der Waals surface area contributed by atoms with Gasteiger partial charge in [-0.05, 0) is 57.2 Å². The van der Waals surface area contributed by atoms with Crippen LogP contribution in [0.5, 0.6) is 5.75 Å². The van der Waals surface area contributed by atoms with Crippen LogP contribution in [0.3, 0.4) is 0 Å². The van der Waals surface area contributed by atoms with Crippen molar-refractivity contribution in [2.45, 2.75) is 32.4 Å². The highest BCUT2D eigenvalue weighted by Crippen LogP contribution is 2.28. The average molecular weight is 457 g/mol. The van der Waals surface area contributed by atoms with E-state index in [-0.39, 0.29) is 17.5 Å². The first kappa shape index (κ1) is 23.9. The molecule has 10 heteroatoms. The SMILES string of the molecule is COc1ccc(N(C(=O)Nc2cc(F)ccc2F)c2ccnc(NC(C)C(C)(C)O)n2)cc1. The van der Waals surface area contributed by atoms with Crippen LogP contribution < -0.4 is 20.3 Å². The zero-order chi connectivity index (χ0) is 24.2. The van der Waals surface area contributed by atoms with E-state index in [1.165, 1.54) is 24.3 Å². The Hall–Kier alpha value is -3.79.